The first-order valence-corrected chi connectivity index (χ1v) is 19.2. The number of fused-ring (bicyclic) bond motifs is 1. The zero-order valence-electron chi connectivity index (χ0n) is 31.0. The topological polar surface area (TPSA) is 132 Å². The molecule has 4 rings (SSSR count). The lowest BCUT2D eigenvalue weighted by Gasteiger charge is -2.33. The van der Waals surface area contributed by atoms with E-state index in [1.54, 1.807) is 11.9 Å². The molecule has 1 fully saturated rings. The van der Waals surface area contributed by atoms with Crippen LogP contribution in [0.25, 0.3) is 0 Å². The van der Waals surface area contributed by atoms with Gasteiger partial charge in [0, 0.05) is 44.7 Å². The van der Waals surface area contributed by atoms with Crippen molar-refractivity contribution in [3.05, 3.63) is 65.0 Å². The quantitative estimate of drug-likeness (QED) is 0.163. The van der Waals surface area contributed by atoms with Gasteiger partial charge in [-0.05, 0) is 79.5 Å². The summed E-state index contributed by atoms with van der Waals surface area (Å²) in [5.74, 6) is 1.16. The highest BCUT2D eigenvalue weighted by Crippen LogP contribution is 2.29. The summed E-state index contributed by atoms with van der Waals surface area (Å²) < 4.78 is 0. The molecule has 3 amide bonds. The molecule has 2 aromatic rings. The first-order chi connectivity index (χ1) is 24.5. The van der Waals surface area contributed by atoms with Crippen molar-refractivity contribution >= 4 is 17.7 Å². The van der Waals surface area contributed by atoms with Gasteiger partial charge >= 0.3 is 0 Å². The highest BCUT2D eigenvalue weighted by molar-refractivity contribution is 5.91. The molecule has 51 heavy (non-hydrogen) atoms. The maximum Gasteiger partial charge on any atom is 0.243 e. The predicted octanol–water partition coefficient (Wildman–Crippen LogP) is 4.94. The van der Waals surface area contributed by atoms with Gasteiger partial charge in [-0.3, -0.25) is 19.4 Å². The molecule has 1 aromatic carbocycles. The molecule has 1 heterocycles. The normalized spacial score (nSPS) is 17.7. The SMILES string of the molecule is C#CC[C@H](NC(=O)C(CC(=O)N(C)CCc1cc2c(cn1)CCCC2)Cc1ccccc1)C(=O)NC(CC1CCCCC1)[C@@H](O)[C@@H](O)CC(C)C. The third-order valence-corrected chi connectivity index (χ3v) is 10.6. The molecule has 1 aromatic heterocycles. The van der Waals surface area contributed by atoms with Crippen molar-refractivity contribution in [2.45, 2.75) is 134 Å². The Morgan fingerprint density at radius 3 is 2.37 bits per heavy atom. The lowest BCUT2D eigenvalue weighted by molar-refractivity contribution is -0.136. The Bertz CT molecular complexity index is 1450. The summed E-state index contributed by atoms with van der Waals surface area (Å²) in [6, 6.07) is 9.93. The van der Waals surface area contributed by atoms with E-state index in [-0.39, 0.29) is 24.7 Å². The summed E-state index contributed by atoms with van der Waals surface area (Å²) >= 11 is 0. The van der Waals surface area contributed by atoms with E-state index in [0.29, 0.717) is 38.1 Å². The van der Waals surface area contributed by atoms with Crippen LogP contribution in [-0.2, 0) is 40.1 Å². The van der Waals surface area contributed by atoms with Gasteiger partial charge in [0.2, 0.25) is 17.7 Å². The van der Waals surface area contributed by atoms with E-state index in [0.717, 1.165) is 49.8 Å². The lowest BCUT2D eigenvalue weighted by Crippen LogP contribution is -2.56. The first kappa shape index (κ1) is 40.0. The number of aryl methyl sites for hydroxylation is 2. The van der Waals surface area contributed by atoms with Crippen molar-refractivity contribution in [3.8, 4) is 12.3 Å². The van der Waals surface area contributed by atoms with Crippen LogP contribution in [-0.4, -0.2) is 75.7 Å². The van der Waals surface area contributed by atoms with E-state index in [9.17, 15) is 24.6 Å². The molecule has 2 aliphatic rings. The van der Waals surface area contributed by atoms with Crippen LogP contribution < -0.4 is 10.6 Å². The maximum absolute atomic E-state index is 13.9. The van der Waals surface area contributed by atoms with Crippen LogP contribution in [0.2, 0.25) is 0 Å². The third-order valence-electron chi connectivity index (χ3n) is 10.6. The number of hydrogen-bond acceptors (Lipinski definition) is 6. The molecule has 4 N–H and O–H groups in total. The second-order valence-electron chi connectivity index (χ2n) is 15.3. The average Bonchev–Trinajstić information content (AvgIpc) is 3.13. The molecule has 0 aliphatic heterocycles. The fraction of sp³-hybridized carbons (Fsp3) is 0.619. The number of aliphatic hydroxyl groups excluding tert-OH is 2. The second-order valence-corrected chi connectivity index (χ2v) is 15.3. The number of carbonyl (C=O) groups excluding carboxylic acids is 3. The molecule has 1 saturated carbocycles. The minimum atomic E-state index is -1.16. The van der Waals surface area contributed by atoms with Crippen molar-refractivity contribution in [3.63, 3.8) is 0 Å². The van der Waals surface area contributed by atoms with Gasteiger partial charge in [0.05, 0.1) is 18.1 Å². The largest absolute Gasteiger partial charge is 0.390 e. The molecule has 0 radical (unpaired) electrons. The zero-order chi connectivity index (χ0) is 36.8. The average molecular weight is 701 g/mol. The number of aromatic nitrogens is 1. The van der Waals surface area contributed by atoms with Crippen molar-refractivity contribution < 1.29 is 24.6 Å². The van der Waals surface area contributed by atoms with Gasteiger partial charge in [-0.2, -0.15) is 0 Å². The highest BCUT2D eigenvalue weighted by atomic mass is 16.3. The van der Waals surface area contributed by atoms with E-state index < -0.39 is 42.0 Å². The Morgan fingerprint density at radius 1 is 0.980 bits per heavy atom. The van der Waals surface area contributed by atoms with E-state index in [1.165, 1.54) is 30.4 Å². The number of terminal acetylenes is 1. The molecule has 9 nitrogen and oxygen atoms in total. The van der Waals surface area contributed by atoms with E-state index in [1.807, 2.05) is 50.4 Å². The number of aliphatic hydroxyl groups is 2. The third kappa shape index (κ3) is 12.8. The Hall–Kier alpha value is -3.74. The van der Waals surface area contributed by atoms with Crippen LogP contribution in [0.4, 0.5) is 0 Å². The smallest absolute Gasteiger partial charge is 0.243 e. The molecule has 9 heteroatoms. The van der Waals surface area contributed by atoms with E-state index >= 15 is 0 Å². The number of rotatable bonds is 18. The lowest BCUT2D eigenvalue weighted by atomic mass is 9.82. The summed E-state index contributed by atoms with van der Waals surface area (Å²) in [4.78, 5) is 47.6. The number of carbonyl (C=O) groups is 3. The molecule has 2 aliphatic carbocycles. The first-order valence-electron chi connectivity index (χ1n) is 19.2. The second kappa shape index (κ2) is 20.3. The molecular formula is C42H60N4O5. The van der Waals surface area contributed by atoms with Crippen LogP contribution in [0.3, 0.4) is 0 Å². The highest BCUT2D eigenvalue weighted by Gasteiger charge is 2.34. The van der Waals surface area contributed by atoms with Gasteiger partial charge in [-0.15, -0.1) is 12.3 Å². The van der Waals surface area contributed by atoms with Crippen molar-refractivity contribution in [1.29, 1.82) is 0 Å². The van der Waals surface area contributed by atoms with E-state index in [4.69, 9.17) is 6.42 Å². The monoisotopic (exact) mass is 700 g/mol. The fourth-order valence-electron chi connectivity index (χ4n) is 7.59. The molecule has 2 unspecified atom stereocenters. The summed E-state index contributed by atoms with van der Waals surface area (Å²) in [6.45, 7) is 4.42. The van der Waals surface area contributed by atoms with E-state index in [2.05, 4.69) is 27.6 Å². The predicted molar refractivity (Wildman–Crippen MR) is 200 cm³/mol. The zero-order valence-corrected chi connectivity index (χ0v) is 31.0. The van der Waals surface area contributed by atoms with Crippen molar-refractivity contribution in [1.82, 2.24) is 20.5 Å². The number of amides is 3. The molecule has 0 saturated heterocycles. The minimum Gasteiger partial charge on any atom is -0.390 e. The van der Waals surface area contributed by atoms with Gasteiger partial charge in [0.25, 0.3) is 0 Å². The number of pyridine rings is 1. The Balaban J connectivity index is 1.44. The Labute approximate surface area is 305 Å². The van der Waals surface area contributed by atoms with Crippen LogP contribution in [0.5, 0.6) is 0 Å². The van der Waals surface area contributed by atoms with Gasteiger partial charge in [0.15, 0.2) is 0 Å². The van der Waals surface area contributed by atoms with Gasteiger partial charge < -0.3 is 25.7 Å². The van der Waals surface area contributed by atoms with Crippen LogP contribution in [0.15, 0.2) is 42.6 Å². The Kier molecular flexibility index (Phi) is 16.0. The van der Waals surface area contributed by atoms with Gasteiger partial charge in [-0.25, -0.2) is 0 Å². The molecule has 5 atom stereocenters. The number of likely N-dealkylation sites (N-methyl/N-ethyl adjacent to an activating group) is 1. The van der Waals surface area contributed by atoms with Crippen LogP contribution in [0.1, 0.15) is 107 Å². The molecule has 278 valence electrons. The minimum absolute atomic E-state index is 0.0380. The summed E-state index contributed by atoms with van der Waals surface area (Å²) in [6.07, 6.45) is 17.2. The molecule has 0 spiro atoms. The summed E-state index contributed by atoms with van der Waals surface area (Å²) in [5, 5.41) is 27.9. The van der Waals surface area contributed by atoms with Crippen molar-refractivity contribution in [2.75, 3.05) is 13.6 Å². The standard InChI is InChI=1S/C42H60N4O5/c1-5-14-36(42(51)45-37(25-31-17-10-7-11-18-31)40(49)38(47)23-29(2)3)44-41(50)34(24-30-15-8-6-9-16-30)27-39(48)46(4)22-21-35-26-32-19-12-13-20-33(32)28-43-35/h1,6,8-9,15-16,26,28-29,31,34,36-38,40,47,49H,7,10-14,17-25,27H2,2-4H3,(H,44,50)(H,45,51)/t34?,36-,37?,38-,40+/m0/s1. The number of nitrogens with zero attached hydrogens (tertiary/aromatic N) is 2. The van der Waals surface area contributed by atoms with Crippen molar-refractivity contribution in [2.24, 2.45) is 17.8 Å². The van der Waals surface area contributed by atoms with Gasteiger partial charge in [0.1, 0.15) is 12.1 Å². The molecular weight excluding hydrogens is 640 g/mol. The summed E-state index contributed by atoms with van der Waals surface area (Å²) in [7, 11) is 1.75. The van der Waals surface area contributed by atoms with Crippen LogP contribution >= 0.6 is 0 Å². The van der Waals surface area contributed by atoms with Gasteiger partial charge in [-0.1, -0.05) is 76.3 Å². The Morgan fingerprint density at radius 2 is 1.69 bits per heavy atom. The number of nitrogens with one attached hydrogen (secondary N) is 2. The fourth-order valence-corrected chi connectivity index (χ4v) is 7.59. The summed E-state index contributed by atoms with van der Waals surface area (Å²) in [5.41, 5.74) is 4.53. The number of benzene rings is 1. The molecule has 0 bridgehead atoms. The maximum atomic E-state index is 13.9. The van der Waals surface area contributed by atoms with Crippen LogP contribution in [0, 0.1) is 30.1 Å². The number of hydrogen-bond donors (Lipinski definition) is 4.